The molecule has 0 bridgehead atoms. The van der Waals surface area contributed by atoms with Crippen molar-refractivity contribution >= 4 is 5.82 Å². The maximum atomic E-state index is 5.51. The minimum absolute atomic E-state index is 0.378. The van der Waals surface area contributed by atoms with E-state index in [1.165, 1.54) is 0 Å². The zero-order valence-electron chi connectivity index (χ0n) is 15.6. The molecule has 1 atom stereocenters. The Morgan fingerprint density at radius 1 is 1.12 bits per heavy atom. The molecule has 1 unspecified atom stereocenters. The number of anilines is 1. The summed E-state index contributed by atoms with van der Waals surface area (Å²) in [5, 5.41) is 11.8. The van der Waals surface area contributed by atoms with Crippen LogP contribution in [-0.4, -0.2) is 50.7 Å². The molecule has 7 nitrogen and oxygen atoms in total. The molecule has 1 fully saturated rings. The highest BCUT2D eigenvalue weighted by atomic mass is 16.5. The van der Waals surface area contributed by atoms with Gasteiger partial charge in [0, 0.05) is 43.5 Å². The maximum absolute atomic E-state index is 5.51. The molecule has 0 spiro atoms. The van der Waals surface area contributed by atoms with E-state index < -0.39 is 0 Å². The molecule has 0 saturated carbocycles. The van der Waals surface area contributed by atoms with Crippen LogP contribution in [0.3, 0.4) is 0 Å². The van der Waals surface area contributed by atoms with E-state index in [2.05, 4.69) is 20.4 Å². The Morgan fingerprint density at radius 3 is 2.58 bits per heavy atom. The number of rotatable bonds is 7. The smallest absolute Gasteiger partial charge is 0.164 e. The molecule has 7 heteroatoms. The van der Waals surface area contributed by atoms with E-state index in [1.807, 2.05) is 24.3 Å². The van der Waals surface area contributed by atoms with E-state index in [0.717, 1.165) is 43.1 Å². The van der Waals surface area contributed by atoms with Crippen molar-refractivity contribution in [1.82, 2.24) is 15.5 Å². The number of piperidine rings is 1. The fraction of sp³-hybridized carbons (Fsp3) is 0.474. The van der Waals surface area contributed by atoms with Crippen LogP contribution in [0.1, 0.15) is 18.4 Å². The molecule has 1 aliphatic rings. The van der Waals surface area contributed by atoms with Crippen LogP contribution in [0.5, 0.6) is 17.2 Å². The number of aromatic nitrogens is 2. The fourth-order valence-electron chi connectivity index (χ4n) is 3.30. The van der Waals surface area contributed by atoms with Crippen molar-refractivity contribution in [2.75, 3.05) is 39.3 Å². The Labute approximate surface area is 154 Å². The number of benzene rings is 1. The van der Waals surface area contributed by atoms with Gasteiger partial charge in [-0.25, -0.2) is 0 Å². The summed E-state index contributed by atoms with van der Waals surface area (Å²) in [7, 11) is 4.93. The highest BCUT2D eigenvalue weighted by Gasteiger charge is 2.21. The topological polar surface area (TPSA) is 68.7 Å². The Balaban J connectivity index is 1.66. The second-order valence-corrected chi connectivity index (χ2v) is 6.27. The minimum Gasteiger partial charge on any atom is -0.496 e. The van der Waals surface area contributed by atoms with Crippen molar-refractivity contribution in [3.05, 3.63) is 36.0 Å². The van der Waals surface area contributed by atoms with Gasteiger partial charge in [0.2, 0.25) is 0 Å². The molecule has 2 heterocycles. The molecule has 1 saturated heterocycles. The van der Waals surface area contributed by atoms with Crippen LogP contribution in [-0.2, 0) is 6.54 Å². The van der Waals surface area contributed by atoms with Gasteiger partial charge in [0.05, 0.1) is 21.3 Å². The highest BCUT2D eigenvalue weighted by molar-refractivity contribution is 5.50. The minimum atomic E-state index is 0.378. The SMILES string of the molecule is COc1cc(OC)c(OC)cc1CNC1CCCN(c2cccnn2)C1. The van der Waals surface area contributed by atoms with Gasteiger partial charge in [0.1, 0.15) is 5.75 Å². The maximum Gasteiger partial charge on any atom is 0.164 e. The van der Waals surface area contributed by atoms with Crippen molar-refractivity contribution in [2.45, 2.75) is 25.4 Å². The molecule has 140 valence electrons. The van der Waals surface area contributed by atoms with Crippen molar-refractivity contribution in [3.8, 4) is 17.2 Å². The zero-order chi connectivity index (χ0) is 18.4. The van der Waals surface area contributed by atoms with Crippen LogP contribution in [0.25, 0.3) is 0 Å². The molecular weight excluding hydrogens is 332 g/mol. The molecule has 1 N–H and O–H groups in total. The number of nitrogens with one attached hydrogen (secondary N) is 1. The molecule has 0 aliphatic carbocycles. The summed E-state index contributed by atoms with van der Waals surface area (Å²) in [6.07, 6.45) is 3.95. The number of nitrogens with zero attached hydrogens (tertiary/aromatic N) is 3. The van der Waals surface area contributed by atoms with Gasteiger partial charge in [0.25, 0.3) is 0 Å². The van der Waals surface area contributed by atoms with Crippen LogP contribution >= 0.6 is 0 Å². The summed E-state index contributed by atoms with van der Waals surface area (Å²) in [5.41, 5.74) is 1.04. The first-order valence-electron chi connectivity index (χ1n) is 8.80. The van der Waals surface area contributed by atoms with Crippen molar-refractivity contribution in [3.63, 3.8) is 0 Å². The van der Waals surface area contributed by atoms with Gasteiger partial charge in [-0.05, 0) is 31.0 Å². The molecule has 3 rings (SSSR count). The average molecular weight is 358 g/mol. The van der Waals surface area contributed by atoms with Crippen LogP contribution < -0.4 is 24.4 Å². The first kappa shape index (κ1) is 18.3. The number of hydrogen-bond donors (Lipinski definition) is 1. The summed E-state index contributed by atoms with van der Waals surface area (Å²) in [4.78, 5) is 2.28. The monoisotopic (exact) mass is 358 g/mol. The number of ether oxygens (including phenoxy) is 3. The molecule has 1 aromatic carbocycles. The molecule has 2 aromatic rings. The van der Waals surface area contributed by atoms with Gasteiger partial charge in [-0.15, -0.1) is 5.10 Å². The Kier molecular flexibility index (Phi) is 6.12. The summed E-state index contributed by atoms with van der Waals surface area (Å²) in [5.74, 6) is 3.09. The third-order valence-corrected chi connectivity index (χ3v) is 4.67. The van der Waals surface area contributed by atoms with Gasteiger partial charge in [-0.2, -0.15) is 5.10 Å². The van der Waals surface area contributed by atoms with Crippen molar-refractivity contribution < 1.29 is 14.2 Å². The Morgan fingerprint density at radius 2 is 1.88 bits per heavy atom. The first-order valence-corrected chi connectivity index (χ1v) is 8.80. The lowest BCUT2D eigenvalue weighted by atomic mass is 10.0. The molecular formula is C19H26N4O3. The lowest BCUT2D eigenvalue weighted by Crippen LogP contribution is -2.45. The summed E-state index contributed by atoms with van der Waals surface area (Å²) < 4.78 is 16.3. The standard InChI is InChI=1S/C19H26N4O3/c1-24-16-11-18(26-3)17(25-2)10-14(16)12-20-15-6-5-9-23(13-15)19-7-4-8-21-22-19/h4,7-8,10-11,15,20H,5-6,9,12-13H2,1-3H3. The molecule has 26 heavy (non-hydrogen) atoms. The van der Waals surface area contributed by atoms with E-state index in [1.54, 1.807) is 27.5 Å². The summed E-state index contributed by atoms with van der Waals surface area (Å²) in [6, 6.07) is 8.14. The normalized spacial score (nSPS) is 17.0. The largest absolute Gasteiger partial charge is 0.496 e. The van der Waals surface area contributed by atoms with Crippen LogP contribution in [0, 0.1) is 0 Å². The van der Waals surface area contributed by atoms with Crippen LogP contribution in [0.2, 0.25) is 0 Å². The van der Waals surface area contributed by atoms with Crippen molar-refractivity contribution in [1.29, 1.82) is 0 Å². The van der Waals surface area contributed by atoms with Crippen molar-refractivity contribution in [2.24, 2.45) is 0 Å². The summed E-state index contributed by atoms with van der Waals surface area (Å²) >= 11 is 0. The van der Waals surface area contributed by atoms with E-state index in [9.17, 15) is 0 Å². The third-order valence-electron chi connectivity index (χ3n) is 4.67. The van der Waals surface area contributed by atoms with E-state index >= 15 is 0 Å². The Bertz CT molecular complexity index is 711. The predicted molar refractivity (Wildman–Crippen MR) is 100 cm³/mol. The van der Waals surface area contributed by atoms with Gasteiger partial charge in [0.15, 0.2) is 17.3 Å². The van der Waals surface area contributed by atoms with Gasteiger partial charge < -0.3 is 24.4 Å². The molecule has 1 aromatic heterocycles. The second kappa shape index (κ2) is 8.71. The van der Waals surface area contributed by atoms with E-state index in [-0.39, 0.29) is 0 Å². The average Bonchev–Trinajstić information content (AvgIpc) is 2.72. The van der Waals surface area contributed by atoms with E-state index in [0.29, 0.717) is 24.1 Å². The predicted octanol–water partition coefficient (Wildman–Crippen LogP) is 2.26. The third kappa shape index (κ3) is 4.16. The van der Waals surface area contributed by atoms with Gasteiger partial charge >= 0.3 is 0 Å². The molecule has 0 radical (unpaired) electrons. The van der Waals surface area contributed by atoms with Crippen LogP contribution in [0.15, 0.2) is 30.5 Å². The molecule has 0 amide bonds. The zero-order valence-corrected chi connectivity index (χ0v) is 15.6. The fourth-order valence-corrected chi connectivity index (χ4v) is 3.30. The van der Waals surface area contributed by atoms with Crippen LogP contribution in [0.4, 0.5) is 5.82 Å². The quantitative estimate of drug-likeness (QED) is 0.814. The van der Waals surface area contributed by atoms with E-state index in [4.69, 9.17) is 14.2 Å². The number of methoxy groups -OCH3 is 3. The lowest BCUT2D eigenvalue weighted by Gasteiger charge is -2.33. The molecule has 1 aliphatic heterocycles. The number of hydrogen-bond acceptors (Lipinski definition) is 7. The first-order chi connectivity index (χ1) is 12.7. The second-order valence-electron chi connectivity index (χ2n) is 6.27. The Hall–Kier alpha value is -2.54. The van der Waals surface area contributed by atoms with Gasteiger partial charge in [-0.1, -0.05) is 0 Å². The lowest BCUT2D eigenvalue weighted by molar-refractivity contribution is 0.345. The highest BCUT2D eigenvalue weighted by Crippen LogP contribution is 2.34. The summed E-state index contributed by atoms with van der Waals surface area (Å²) in [6.45, 7) is 2.62. The van der Waals surface area contributed by atoms with Gasteiger partial charge in [-0.3, -0.25) is 0 Å².